The summed E-state index contributed by atoms with van der Waals surface area (Å²) in [7, 11) is 1.74. The summed E-state index contributed by atoms with van der Waals surface area (Å²) in [6.07, 6.45) is 6.06. The molecule has 2 rings (SSSR count). The van der Waals surface area contributed by atoms with Crippen LogP contribution in [0.3, 0.4) is 0 Å². The highest BCUT2D eigenvalue weighted by Crippen LogP contribution is 2.48. The average Bonchev–Trinajstić information content (AvgIpc) is 3.10. The molecule has 9 nitrogen and oxygen atoms in total. The molecular formula is C17H30N6O3. The molecule has 0 aromatic carbocycles. The SMILES string of the molecule is CCOC1CC(NC(=NC)NCCn2cc([N+](=O)[O-])cn2)C1(CC)CC. The van der Waals surface area contributed by atoms with Gasteiger partial charge in [-0.25, -0.2) is 0 Å². The van der Waals surface area contributed by atoms with E-state index in [2.05, 4.69) is 34.6 Å². The van der Waals surface area contributed by atoms with Crippen molar-refractivity contribution in [2.24, 2.45) is 10.4 Å². The van der Waals surface area contributed by atoms with E-state index >= 15 is 0 Å². The maximum atomic E-state index is 10.7. The molecule has 0 amide bonds. The lowest BCUT2D eigenvalue weighted by molar-refractivity contribution is -0.385. The normalized spacial score (nSPS) is 21.9. The molecule has 1 heterocycles. The van der Waals surface area contributed by atoms with Crippen LogP contribution in [0.25, 0.3) is 0 Å². The molecular weight excluding hydrogens is 336 g/mol. The van der Waals surface area contributed by atoms with Gasteiger partial charge < -0.3 is 15.4 Å². The molecule has 26 heavy (non-hydrogen) atoms. The minimum atomic E-state index is -0.447. The molecule has 0 radical (unpaired) electrons. The lowest BCUT2D eigenvalue weighted by Gasteiger charge is -2.55. The highest BCUT2D eigenvalue weighted by molar-refractivity contribution is 5.80. The minimum absolute atomic E-state index is 0.000355. The molecule has 146 valence electrons. The summed E-state index contributed by atoms with van der Waals surface area (Å²) in [6, 6.07) is 0.325. The summed E-state index contributed by atoms with van der Waals surface area (Å²) in [5.74, 6) is 0.734. The van der Waals surface area contributed by atoms with Crippen LogP contribution < -0.4 is 10.6 Å². The maximum Gasteiger partial charge on any atom is 0.306 e. The maximum absolute atomic E-state index is 10.7. The molecule has 1 saturated carbocycles. The van der Waals surface area contributed by atoms with E-state index in [0.717, 1.165) is 31.8 Å². The Labute approximate surface area is 154 Å². The van der Waals surface area contributed by atoms with Gasteiger partial charge in [-0.1, -0.05) is 13.8 Å². The third-order valence-electron chi connectivity index (χ3n) is 5.47. The number of hydrogen-bond donors (Lipinski definition) is 2. The number of nitro groups is 1. The van der Waals surface area contributed by atoms with Gasteiger partial charge in [-0.3, -0.25) is 19.8 Å². The van der Waals surface area contributed by atoms with Crippen LogP contribution in [0.1, 0.15) is 40.0 Å². The van der Waals surface area contributed by atoms with Crippen LogP contribution in [0.5, 0.6) is 0 Å². The Hall–Kier alpha value is -2.16. The van der Waals surface area contributed by atoms with Gasteiger partial charge in [0.2, 0.25) is 0 Å². The van der Waals surface area contributed by atoms with Crippen molar-refractivity contribution in [2.75, 3.05) is 20.2 Å². The Balaban J connectivity index is 1.86. The van der Waals surface area contributed by atoms with E-state index in [1.165, 1.54) is 12.4 Å². The molecule has 1 aliphatic rings. The summed E-state index contributed by atoms with van der Waals surface area (Å²) in [4.78, 5) is 14.5. The van der Waals surface area contributed by atoms with Crippen molar-refractivity contribution in [3.8, 4) is 0 Å². The second-order valence-electron chi connectivity index (χ2n) is 6.53. The summed E-state index contributed by atoms with van der Waals surface area (Å²) >= 11 is 0. The average molecular weight is 366 g/mol. The van der Waals surface area contributed by atoms with E-state index in [1.54, 1.807) is 11.7 Å². The lowest BCUT2D eigenvalue weighted by Crippen LogP contribution is -2.65. The van der Waals surface area contributed by atoms with Gasteiger partial charge in [-0.2, -0.15) is 5.10 Å². The predicted molar refractivity (Wildman–Crippen MR) is 100 cm³/mol. The highest BCUT2D eigenvalue weighted by atomic mass is 16.6. The number of nitrogens with one attached hydrogen (secondary N) is 2. The lowest BCUT2D eigenvalue weighted by atomic mass is 9.58. The van der Waals surface area contributed by atoms with Crippen LogP contribution in [-0.2, 0) is 11.3 Å². The van der Waals surface area contributed by atoms with Gasteiger partial charge in [-0.05, 0) is 26.2 Å². The molecule has 1 aliphatic carbocycles. The Morgan fingerprint density at radius 1 is 1.50 bits per heavy atom. The molecule has 0 bridgehead atoms. The summed E-state index contributed by atoms with van der Waals surface area (Å²) < 4.78 is 7.47. The Morgan fingerprint density at radius 2 is 2.23 bits per heavy atom. The number of hydrogen-bond acceptors (Lipinski definition) is 5. The topological polar surface area (TPSA) is 107 Å². The monoisotopic (exact) mass is 366 g/mol. The van der Waals surface area contributed by atoms with Crippen LogP contribution in [-0.4, -0.2) is 53.0 Å². The van der Waals surface area contributed by atoms with Gasteiger partial charge >= 0.3 is 5.69 Å². The smallest absolute Gasteiger partial charge is 0.306 e. The van der Waals surface area contributed by atoms with Gasteiger partial charge in [-0.15, -0.1) is 0 Å². The van der Waals surface area contributed by atoms with Gasteiger partial charge in [0, 0.05) is 31.7 Å². The molecule has 1 fully saturated rings. The summed E-state index contributed by atoms with van der Waals surface area (Å²) in [6.45, 7) is 8.30. The zero-order valence-corrected chi connectivity index (χ0v) is 16.1. The molecule has 0 saturated heterocycles. The van der Waals surface area contributed by atoms with E-state index < -0.39 is 4.92 Å². The van der Waals surface area contributed by atoms with E-state index in [4.69, 9.17) is 4.74 Å². The third-order valence-corrected chi connectivity index (χ3v) is 5.47. The van der Waals surface area contributed by atoms with Crippen LogP contribution in [0, 0.1) is 15.5 Å². The zero-order valence-electron chi connectivity index (χ0n) is 16.1. The molecule has 2 atom stereocenters. The fourth-order valence-electron chi connectivity index (χ4n) is 3.80. The summed E-state index contributed by atoms with van der Waals surface area (Å²) in [5.41, 5.74) is 0.135. The van der Waals surface area contributed by atoms with E-state index in [-0.39, 0.29) is 11.1 Å². The van der Waals surface area contributed by atoms with Crippen LogP contribution in [0.15, 0.2) is 17.4 Å². The van der Waals surface area contributed by atoms with Crippen molar-refractivity contribution in [3.05, 3.63) is 22.5 Å². The molecule has 2 N–H and O–H groups in total. The molecule has 9 heteroatoms. The quantitative estimate of drug-likeness (QED) is 0.299. The first-order valence-electron chi connectivity index (χ1n) is 9.26. The van der Waals surface area contributed by atoms with Crippen molar-refractivity contribution in [1.29, 1.82) is 0 Å². The van der Waals surface area contributed by atoms with Crippen molar-refractivity contribution < 1.29 is 9.66 Å². The second kappa shape index (κ2) is 8.98. The largest absolute Gasteiger partial charge is 0.378 e. The van der Waals surface area contributed by atoms with Gasteiger partial charge in [0.15, 0.2) is 5.96 Å². The Kier molecular flexibility index (Phi) is 6.96. The van der Waals surface area contributed by atoms with Crippen LogP contribution in [0.2, 0.25) is 0 Å². The first kappa shape index (κ1) is 20.2. The minimum Gasteiger partial charge on any atom is -0.378 e. The number of ether oxygens (including phenoxy) is 1. The molecule has 1 aromatic rings. The number of aliphatic imine (C=N–C) groups is 1. The molecule has 0 spiro atoms. The number of nitrogens with zero attached hydrogens (tertiary/aromatic N) is 4. The fraction of sp³-hybridized carbons (Fsp3) is 0.765. The van der Waals surface area contributed by atoms with Gasteiger partial charge in [0.25, 0.3) is 0 Å². The van der Waals surface area contributed by atoms with Crippen molar-refractivity contribution in [3.63, 3.8) is 0 Å². The summed E-state index contributed by atoms with van der Waals surface area (Å²) in [5, 5.41) is 21.4. The molecule has 2 unspecified atom stereocenters. The second-order valence-corrected chi connectivity index (χ2v) is 6.53. The first-order chi connectivity index (χ1) is 12.5. The van der Waals surface area contributed by atoms with Gasteiger partial charge in [0.1, 0.15) is 12.4 Å². The van der Waals surface area contributed by atoms with Crippen molar-refractivity contribution >= 4 is 11.6 Å². The first-order valence-corrected chi connectivity index (χ1v) is 9.26. The van der Waals surface area contributed by atoms with Crippen molar-refractivity contribution in [2.45, 2.75) is 58.7 Å². The third kappa shape index (κ3) is 4.14. The van der Waals surface area contributed by atoms with Crippen LogP contribution >= 0.6 is 0 Å². The van der Waals surface area contributed by atoms with E-state index in [0.29, 0.717) is 25.2 Å². The van der Waals surface area contributed by atoms with Gasteiger partial charge in [0.05, 0.1) is 17.6 Å². The fourth-order valence-corrected chi connectivity index (χ4v) is 3.80. The highest BCUT2D eigenvalue weighted by Gasteiger charge is 2.53. The molecule has 0 aliphatic heterocycles. The molecule has 1 aromatic heterocycles. The number of guanidine groups is 1. The predicted octanol–water partition coefficient (Wildman–Crippen LogP) is 1.94. The van der Waals surface area contributed by atoms with E-state index in [1.807, 2.05) is 6.92 Å². The standard InChI is InChI=1S/C17H30N6O3/c1-5-17(6-2)14(10-15(17)26-7-3)21-16(18-4)19-8-9-22-12-13(11-20-22)23(24)25/h11-12,14-15H,5-10H2,1-4H3,(H2,18,19,21). The van der Waals surface area contributed by atoms with E-state index in [9.17, 15) is 10.1 Å². The zero-order chi connectivity index (χ0) is 19.2. The van der Waals surface area contributed by atoms with Crippen molar-refractivity contribution in [1.82, 2.24) is 20.4 Å². The Morgan fingerprint density at radius 3 is 2.77 bits per heavy atom. The number of rotatable bonds is 9. The number of aromatic nitrogens is 2. The van der Waals surface area contributed by atoms with Crippen LogP contribution in [0.4, 0.5) is 5.69 Å². The Bertz CT molecular complexity index is 626.